The summed E-state index contributed by atoms with van der Waals surface area (Å²) in [5, 5.41) is 0. The summed E-state index contributed by atoms with van der Waals surface area (Å²) < 4.78 is 0. The smallest absolute Gasteiger partial charge is 0.164 e. The van der Waals surface area contributed by atoms with Crippen LogP contribution in [-0.2, 0) is 0 Å². The zero-order valence-electron chi connectivity index (χ0n) is 32.1. The average Bonchev–Trinajstić information content (AvgIpc) is 3.71. The Morgan fingerprint density at radius 3 is 1.50 bits per heavy atom. The van der Waals surface area contributed by atoms with Gasteiger partial charge in [0.15, 0.2) is 17.5 Å². The van der Waals surface area contributed by atoms with Crippen molar-refractivity contribution in [2.75, 3.05) is 14.7 Å². The van der Waals surface area contributed by atoms with Gasteiger partial charge in [0.2, 0.25) is 0 Å². The lowest BCUT2D eigenvalue weighted by molar-refractivity contribution is 0.0900. The van der Waals surface area contributed by atoms with Crippen molar-refractivity contribution in [1.82, 2.24) is 15.0 Å². The molecule has 9 bridgehead atoms. The second kappa shape index (κ2) is 12.5. The summed E-state index contributed by atoms with van der Waals surface area (Å²) in [6, 6.07) is 31.6. The zero-order chi connectivity index (χ0) is 35.5. The summed E-state index contributed by atoms with van der Waals surface area (Å²) in [5.74, 6) is 7.05. The number of aromatic nitrogens is 3. The van der Waals surface area contributed by atoms with Gasteiger partial charge in [0.05, 0.1) is 0 Å². The van der Waals surface area contributed by atoms with Gasteiger partial charge >= 0.3 is 0 Å². The van der Waals surface area contributed by atoms with Crippen LogP contribution in [0.2, 0.25) is 0 Å². The molecule has 0 radical (unpaired) electrons. The van der Waals surface area contributed by atoms with Gasteiger partial charge in [-0.15, -0.1) is 0 Å². The lowest BCUT2D eigenvalue weighted by Crippen LogP contribution is -2.58. The summed E-state index contributed by atoms with van der Waals surface area (Å²) in [6.45, 7) is 2.37. The number of piperidine rings is 4. The fourth-order valence-electron chi connectivity index (χ4n) is 14.1. The molecule has 4 aliphatic heterocycles. The predicted molar refractivity (Wildman–Crippen MR) is 219 cm³/mol. The first kappa shape index (κ1) is 32.3. The highest BCUT2D eigenvalue weighted by atomic mass is 15.2. The van der Waals surface area contributed by atoms with E-state index < -0.39 is 0 Å². The van der Waals surface area contributed by atoms with Crippen LogP contribution in [0, 0.1) is 29.6 Å². The molecule has 6 heteroatoms. The molecule has 1 aromatic heterocycles. The van der Waals surface area contributed by atoms with Crippen molar-refractivity contribution in [3.8, 4) is 34.2 Å². The largest absolute Gasteiger partial charge is 0.366 e. The summed E-state index contributed by atoms with van der Waals surface area (Å²) >= 11 is 0. The molecule has 9 aliphatic rings. The molecule has 4 saturated heterocycles. The number of hydrogen-bond acceptors (Lipinski definition) is 6. The molecule has 5 saturated carbocycles. The van der Waals surface area contributed by atoms with Crippen LogP contribution in [0.4, 0.5) is 17.1 Å². The van der Waals surface area contributed by atoms with Gasteiger partial charge in [0.1, 0.15) is 0 Å². The number of nitrogens with zero attached hydrogens (tertiary/aromatic N) is 6. The molecule has 6 nitrogen and oxygen atoms in total. The standard InChI is InChI=1S/C48H56N6/c1-2-37-17-29-12-14-41(18-29)52(37)38-9-3-6-33(24-38)46-49-47(34-7-4-10-39(25-34)53-42-15-13-32-23-45(53)28-36(32)27-42)51-48(50-46)35-8-5-11-40(26-35)54-43-19-30-16-31(21-43)22-44(54)20-30/h3-11,24-26,29-32,36-37,41-45H,2,12-23,27-28H2,1H3. The molecule has 13 rings (SSSR count). The van der Waals surface area contributed by atoms with Gasteiger partial charge in [-0.2, -0.15) is 0 Å². The van der Waals surface area contributed by atoms with Crippen LogP contribution in [0.25, 0.3) is 34.2 Å². The van der Waals surface area contributed by atoms with E-state index in [0.29, 0.717) is 36.3 Å². The quantitative estimate of drug-likeness (QED) is 0.190. The molecule has 5 aliphatic carbocycles. The molecule has 7 unspecified atom stereocenters. The van der Waals surface area contributed by atoms with E-state index in [1.807, 2.05) is 0 Å². The van der Waals surface area contributed by atoms with Gasteiger partial charge in [-0.05, 0) is 162 Å². The summed E-state index contributed by atoms with van der Waals surface area (Å²) in [6.07, 6.45) is 20.4. The highest BCUT2D eigenvalue weighted by Crippen LogP contribution is 2.53. The molecule has 0 N–H and O–H groups in total. The van der Waals surface area contributed by atoms with Gasteiger partial charge in [-0.3, -0.25) is 0 Å². The number of rotatable bonds is 7. The predicted octanol–water partition coefficient (Wildman–Crippen LogP) is 10.6. The Morgan fingerprint density at radius 1 is 0.444 bits per heavy atom. The van der Waals surface area contributed by atoms with Crippen molar-refractivity contribution in [3.05, 3.63) is 72.8 Å². The van der Waals surface area contributed by atoms with E-state index in [-0.39, 0.29) is 0 Å². The van der Waals surface area contributed by atoms with E-state index in [0.717, 1.165) is 63.8 Å². The van der Waals surface area contributed by atoms with Crippen LogP contribution in [0.3, 0.4) is 0 Å². The first-order valence-corrected chi connectivity index (χ1v) is 22.0. The van der Waals surface area contributed by atoms with Crippen LogP contribution in [0.5, 0.6) is 0 Å². The van der Waals surface area contributed by atoms with Crippen LogP contribution in [0.15, 0.2) is 72.8 Å². The van der Waals surface area contributed by atoms with Crippen LogP contribution in [0.1, 0.15) is 103 Å². The van der Waals surface area contributed by atoms with E-state index >= 15 is 0 Å². The van der Waals surface area contributed by atoms with Crippen molar-refractivity contribution < 1.29 is 0 Å². The molecule has 9 fully saturated rings. The lowest BCUT2D eigenvalue weighted by atomic mass is 9.63. The van der Waals surface area contributed by atoms with Gasteiger partial charge in [0.25, 0.3) is 0 Å². The zero-order valence-corrected chi connectivity index (χ0v) is 32.1. The molecular weight excluding hydrogens is 661 g/mol. The first-order chi connectivity index (χ1) is 26.6. The maximum absolute atomic E-state index is 5.36. The minimum atomic E-state index is 0.613. The summed E-state index contributed by atoms with van der Waals surface area (Å²) in [4.78, 5) is 24.4. The maximum Gasteiger partial charge on any atom is 0.164 e. The monoisotopic (exact) mass is 716 g/mol. The maximum atomic E-state index is 5.36. The van der Waals surface area contributed by atoms with E-state index in [2.05, 4.69) is 94.4 Å². The number of hydrogen-bond donors (Lipinski definition) is 0. The second-order valence-electron chi connectivity index (χ2n) is 19.1. The summed E-state index contributed by atoms with van der Waals surface area (Å²) in [7, 11) is 0. The Morgan fingerprint density at radius 2 is 0.907 bits per heavy atom. The molecule has 0 amide bonds. The minimum Gasteiger partial charge on any atom is -0.366 e. The number of fused-ring (bicyclic) bond motifs is 4. The highest BCUT2D eigenvalue weighted by molar-refractivity contribution is 5.72. The third kappa shape index (κ3) is 5.28. The lowest BCUT2D eigenvalue weighted by Gasteiger charge is -2.57. The second-order valence-corrected chi connectivity index (χ2v) is 19.1. The molecule has 7 atom stereocenters. The van der Waals surface area contributed by atoms with Crippen LogP contribution >= 0.6 is 0 Å². The fourth-order valence-corrected chi connectivity index (χ4v) is 14.1. The van der Waals surface area contributed by atoms with Crippen LogP contribution < -0.4 is 14.7 Å². The van der Waals surface area contributed by atoms with Crippen molar-refractivity contribution in [1.29, 1.82) is 0 Å². The molecule has 0 spiro atoms. The topological polar surface area (TPSA) is 48.4 Å². The molecular formula is C48H56N6. The van der Waals surface area contributed by atoms with E-state index in [9.17, 15) is 0 Å². The molecule has 5 heterocycles. The summed E-state index contributed by atoms with van der Waals surface area (Å²) in [5.41, 5.74) is 7.34. The molecule has 54 heavy (non-hydrogen) atoms. The average molecular weight is 717 g/mol. The molecule has 278 valence electrons. The van der Waals surface area contributed by atoms with Crippen molar-refractivity contribution in [2.24, 2.45) is 29.6 Å². The van der Waals surface area contributed by atoms with Crippen LogP contribution in [-0.4, -0.2) is 51.2 Å². The number of benzene rings is 3. The third-order valence-corrected chi connectivity index (χ3v) is 16.1. The molecule has 3 aromatic carbocycles. The first-order valence-electron chi connectivity index (χ1n) is 22.0. The van der Waals surface area contributed by atoms with Crippen molar-refractivity contribution in [3.63, 3.8) is 0 Å². The van der Waals surface area contributed by atoms with Gasteiger partial charge in [0, 0.05) is 70.0 Å². The van der Waals surface area contributed by atoms with Gasteiger partial charge in [-0.1, -0.05) is 43.3 Å². The Hall–Kier alpha value is -3.93. The van der Waals surface area contributed by atoms with Gasteiger partial charge in [-0.25, -0.2) is 15.0 Å². The van der Waals surface area contributed by atoms with E-state index in [1.54, 1.807) is 0 Å². The van der Waals surface area contributed by atoms with Gasteiger partial charge < -0.3 is 14.7 Å². The normalized spacial score (nSPS) is 35.7. The van der Waals surface area contributed by atoms with Crippen molar-refractivity contribution in [2.45, 2.75) is 139 Å². The molecule has 4 aromatic rings. The van der Waals surface area contributed by atoms with E-state index in [4.69, 9.17) is 15.0 Å². The van der Waals surface area contributed by atoms with E-state index in [1.165, 1.54) is 113 Å². The SMILES string of the molecule is CCC1CC2CCC(C2)N1c1cccc(-c2nc(-c3cccc(N4C5CC6CC(C5)CC4C6)c3)nc(-c3cccc(N4C5CCC6CC4CC6C5)c3)n2)c1. The minimum absolute atomic E-state index is 0.613. The number of anilines is 3. The Kier molecular flexibility index (Phi) is 7.51. The Bertz CT molecular complexity index is 1970. The fraction of sp³-hybridized carbons (Fsp3) is 0.562. The highest BCUT2D eigenvalue weighted by Gasteiger charge is 2.49. The Balaban J connectivity index is 0.950. The third-order valence-electron chi connectivity index (χ3n) is 16.1. The Labute approximate surface area is 321 Å². The van der Waals surface area contributed by atoms with Crippen molar-refractivity contribution >= 4 is 17.1 Å².